The van der Waals surface area contributed by atoms with E-state index in [1.165, 1.54) is 24.3 Å². The third-order valence-electron chi connectivity index (χ3n) is 4.31. The first-order valence-corrected chi connectivity index (χ1v) is 9.05. The minimum atomic E-state index is -0.585. The smallest absolute Gasteiger partial charge is 0.270 e. The molecular weight excluding hydrogens is 405 g/mol. The topological polar surface area (TPSA) is 75.5 Å². The van der Waals surface area contributed by atoms with E-state index in [9.17, 15) is 19.3 Å². The van der Waals surface area contributed by atoms with Crippen molar-refractivity contribution in [2.75, 3.05) is 23.3 Å². The number of nitrogens with one attached hydrogen (secondary N) is 1. The number of nitro groups is 1. The normalized spacial score (nSPS) is 14.2. The number of piperidine rings is 1. The maximum atomic E-state index is 14.0. The van der Waals surface area contributed by atoms with Crippen molar-refractivity contribution in [2.24, 2.45) is 0 Å². The summed E-state index contributed by atoms with van der Waals surface area (Å²) >= 11 is 3.16. The lowest BCUT2D eigenvalue weighted by atomic mass is 10.1. The monoisotopic (exact) mass is 421 g/mol. The zero-order chi connectivity index (χ0) is 18.7. The van der Waals surface area contributed by atoms with Gasteiger partial charge in [-0.1, -0.05) is 15.9 Å². The maximum Gasteiger partial charge on any atom is 0.270 e. The van der Waals surface area contributed by atoms with Crippen LogP contribution in [-0.2, 0) is 0 Å². The lowest BCUT2D eigenvalue weighted by Crippen LogP contribution is -2.31. The third-order valence-corrected chi connectivity index (χ3v) is 4.80. The molecule has 1 aliphatic rings. The summed E-state index contributed by atoms with van der Waals surface area (Å²) < 4.78 is 14.6. The molecule has 0 unspecified atom stereocenters. The second-order valence-electron chi connectivity index (χ2n) is 6.08. The first kappa shape index (κ1) is 18.3. The van der Waals surface area contributed by atoms with Crippen LogP contribution >= 0.6 is 15.9 Å². The predicted octanol–water partition coefficient (Wildman–Crippen LogP) is 4.74. The van der Waals surface area contributed by atoms with E-state index >= 15 is 0 Å². The summed E-state index contributed by atoms with van der Waals surface area (Å²) in [7, 11) is 0. The van der Waals surface area contributed by atoms with Gasteiger partial charge in [0.2, 0.25) is 0 Å². The quantitative estimate of drug-likeness (QED) is 0.571. The highest BCUT2D eigenvalue weighted by atomic mass is 79.9. The Hall–Kier alpha value is -2.48. The van der Waals surface area contributed by atoms with E-state index in [-0.39, 0.29) is 16.9 Å². The Balaban J connectivity index is 1.95. The van der Waals surface area contributed by atoms with Gasteiger partial charge < -0.3 is 10.2 Å². The molecule has 6 nitrogen and oxygen atoms in total. The van der Waals surface area contributed by atoms with Crippen molar-refractivity contribution in [3.63, 3.8) is 0 Å². The summed E-state index contributed by atoms with van der Waals surface area (Å²) in [5, 5.41) is 13.6. The van der Waals surface area contributed by atoms with Crippen molar-refractivity contribution in [3.05, 3.63) is 62.4 Å². The van der Waals surface area contributed by atoms with Gasteiger partial charge in [-0.2, -0.15) is 0 Å². The standard InChI is InChI=1S/C18H17BrFN3O3/c19-12-4-6-16(15(20)10-12)21-18(24)14-11-13(23(25)26)5-7-17(14)22-8-2-1-3-9-22/h4-7,10-11H,1-3,8-9H2,(H,21,24). The highest BCUT2D eigenvalue weighted by molar-refractivity contribution is 9.10. The van der Waals surface area contributed by atoms with Gasteiger partial charge in [-0.05, 0) is 43.5 Å². The predicted molar refractivity (Wildman–Crippen MR) is 101 cm³/mol. The first-order valence-electron chi connectivity index (χ1n) is 8.25. The molecule has 0 bridgehead atoms. The Kier molecular flexibility index (Phi) is 5.51. The highest BCUT2D eigenvalue weighted by Gasteiger charge is 2.22. The molecule has 1 aliphatic heterocycles. The number of benzene rings is 2. The van der Waals surface area contributed by atoms with Gasteiger partial charge in [0, 0.05) is 29.7 Å². The average molecular weight is 422 g/mol. The van der Waals surface area contributed by atoms with Crippen LogP contribution in [0.5, 0.6) is 0 Å². The number of halogens is 2. The van der Waals surface area contributed by atoms with Crippen molar-refractivity contribution in [3.8, 4) is 0 Å². The summed E-state index contributed by atoms with van der Waals surface area (Å²) in [6.45, 7) is 1.56. The Morgan fingerprint density at radius 3 is 2.54 bits per heavy atom. The largest absolute Gasteiger partial charge is 0.371 e. The van der Waals surface area contributed by atoms with Gasteiger partial charge in [0.05, 0.1) is 21.9 Å². The lowest BCUT2D eigenvalue weighted by molar-refractivity contribution is -0.384. The van der Waals surface area contributed by atoms with Crippen molar-refractivity contribution in [2.45, 2.75) is 19.3 Å². The van der Waals surface area contributed by atoms with Crippen molar-refractivity contribution in [1.29, 1.82) is 0 Å². The molecule has 0 spiro atoms. The molecule has 26 heavy (non-hydrogen) atoms. The fraction of sp³-hybridized carbons (Fsp3) is 0.278. The number of non-ortho nitro benzene ring substituents is 1. The maximum absolute atomic E-state index is 14.0. The van der Waals surface area contributed by atoms with Crippen LogP contribution in [-0.4, -0.2) is 23.9 Å². The molecule has 0 aromatic heterocycles. The molecule has 136 valence electrons. The van der Waals surface area contributed by atoms with E-state index < -0.39 is 16.6 Å². The van der Waals surface area contributed by atoms with Crippen LogP contribution in [0.3, 0.4) is 0 Å². The number of carbonyl (C=O) groups excluding carboxylic acids is 1. The number of carbonyl (C=O) groups is 1. The molecule has 1 amide bonds. The Labute approximate surface area is 158 Å². The summed E-state index contributed by atoms with van der Waals surface area (Å²) in [4.78, 5) is 25.4. The van der Waals surface area contributed by atoms with E-state index in [1.807, 2.05) is 4.90 Å². The van der Waals surface area contributed by atoms with E-state index in [1.54, 1.807) is 12.1 Å². The zero-order valence-electron chi connectivity index (χ0n) is 13.9. The van der Waals surface area contributed by atoms with Gasteiger partial charge in [-0.3, -0.25) is 14.9 Å². The average Bonchev–Trinajstić information content (AvgIpc) is 2.64. The van der Waals surface area contributed by atoms with Crippen molar-refractivity contribution < 1.29 is 14.1 Å². The summed E-state index contributed by atoms with van der Waals surface area (Å²) in [5.74, 6) is -1.16. The number of hydrogen-bond donors (Lipinski definition) is 1. The number of rotatable bonds is 4. The number of nitrogens with zero attached hydrogens (tertiary/aromatic N) is 2. The van der Waals surface area contributed by atoms with Crippen LogP contribution in [0.2, 0.25) is 0 Å². The zero-order valence-corrected chi connectivity index (χ0v) is 15.5. The van der Waals surface area contributed by atoms with Crippen LogP contribution in [0.1, 0.15) is 29.6 Å². The fourth-order valence-corrected chi connectivity index (χ4v) is 3.34. The van der Waals surface area contributed by atoms with Gasteiger partial charge in [0.25, 0.3) is 11.6 Å². The molecule has 3 rings (SSSR count). The number of amides is 1. The Morgan fingerprint density at radius 1 is 1.15 bits per heavy atom. The minimum Gasteiger partial charge on any atom is -0.371 e. The summed E-state index contributed by atoms with van der Waals surface area (Å²) in [6, 6.07) is 8.52. The highest BCUT2D eigenvalue weighted by Crippen LogP contribution is 2.29. The van der Waals surface area contributed by atoms with E-state index in [2.05, 4.69) is 21.2 Å². The first-order chi connectivity index (χ1) is 12.5. The van der Waals surface area contributed by atoms with E-state index in [4.69, 9.17) is 0 Å². The van der Waals surface area contributed by atoms with Gasteiger partial charge in [-0.25, -0.2) is 4.39 Å². The molecule has 2 aromatic carbocycles. The van der Waals surface area contributed by atoms with Crippen molar-refractivity contribution in [1.82, 2.24) is 0 Å². The van der Waals surface area contributed by atoms with Gasteiger partial charge in [-0.15, -0.1) is 0 Å². The molecule has 1 fully saturated rings. The second-order valence-corrected chi connectivity index (χ2v) is 7.00. The summed E-state index contributed by atoms with van der Waals surface area (Å²) in [6.07, 6.45) is 3.12. The molecule has 1 heterocycles. The fourth-order valence-electron chi connectivity index (χ4n) is 3.01. The molecule has 8 heteroatoms. The van der Waals surface area contributed by atoms with Crippen molar-refractivity contribution >= 4 is 38.9 Å². The molecule has 0 atom stereocenters. The van der Waals surface area contributed by atoms with Gasteiger partial charge >= 0.3 is 0 Å². The Bertz CT molecular complexity index is 854. The molecule has 2 aromatic rings. The van der Waals surface area contributed by atoms with Crippen LogP contribution in [0, 0.1) is 15.9 Å². The van der Waals surface area contributed by atoms with Gasteiger partial charge in [0.15, 0.2) is 0 Å². The third kappa shape index (κ3) is 4.01. The molecule has 0 saturated carbocycles. The number of anilines is 2. The SMILES string of the molecule is O=C(Nc1ccc(Br)cc1F)c1cc([N+](=O)[O-])ccc1N1CCCCC1. The molecule has 0 aliphatic carbocycles. The molecule has 0 radical (unpaired) electrons. The summed E-state index contributed by atoms with van der Waals surface area (Å²) in [5.41, 5.74) is 0.648. The lowest BCUT2D eigenvalue weighted by Gasteiger charge is -2.30. The molecule has 1 N–H and O–H groups in total. The number of hydrogen-bond acceptors (Lipinski definition) is 4. The Morgan fingerprint density at radius 2 is 1.88 bits per heavy atom. The van der Waals surface area contributed by atoms with E-state index in [0.29, 0.717) is 10.2 Å². The minimum absolute atomic E-state index is 0.0225. The molecular formula is C18H17BrFN3O3. The van der Waals surface area contributed by atoms with E-state index in [0.717, 1.165) is 32.4 Å². The van der Waals surface area contributed by atoms with Gasteiger partial charge in [0.1, 0.15) is 5.82 Å². The van der Waals surface area contributed by atoms with Crippen LogP contribution < -0.4 is 10.2 Å². The second kappa shape index (κ2) is 7.82. The van der Waals surface area contributed by atoms with Crippen LogP contribution in [0.15, 0.2) is 40.9 Å². The van der Waals surface area contributed by atoms with Crippen LogP contribution in [0.4, 0.5) is 21.5 Å². The molecule has 1 saturated heterocycles. The van der Waals surface area contributed by atoms with Crippen LogP contribution in [0.25, 0.3) is 0 Å². The number of nitro benzene ring substituents is 1.